The van der Waals surface area contributed by atoms with Gasteiger partial charge in [-0.25, -0.2) is 14.8 Å². The van der Waals surface area contributed by atoms with Crippen molar-refractivity contribution in [3.8, 4) is 0 Å². The summed E-state index contributed by atoms with van der Waals surface area (Å²) in [5.41, 5.74) is 0.0518. The van der Waals surface area contributed by atoms with E-state index in [2.05, 4.69) is 9.97 Å². The molecule has 184 valence electrons. The number of carboxylic acids is 1. The Labute approximate surface area is 217 Å². The van der Waals surface area contributed by atoms with Crippen LogP contribution < -0.4 is 0 Å². The van der Waals surface area contributed by atoms with Crippen LogP contribution in [0, 0.1) is 0 Å². The van der Waals surface area contributed by atoms with Crippen molar-refractivity contribution in [1.82, 2.24) is 14.9 Å². The summed E-state index contributed by atoms with van der Waals surface area (Å²) in [5.74, 6) is 0.668. The number of hydrogen-bond acceptors (Lipinski definition) is 8. The molecule has 1 aliphatic heterocycles. The number of thioether (sulfide) groups is 2. The number of amides is 1. The van der Waals surface area contributed by atoms with E-state index in [0.717, 1.165) is 36.5 Å². The zero-order valence-electron chi connectivity index (χ0n) is 18.6. The zero-order chi connectivity index (χ0) is 24.3. The standard InChI is InChI=1S/C23H28ClN3O4S3/c24-18-6-4-11-25-21(18)32-13-3-1-2-5-17(28)9-7-16-8-10-20(29)27(16)12-14-33-23-26-19(15-34-23)22(30)31/h4,6-7,9,11,15-17,28H,1-3,5,8,10,12-14H2,(H,30,31)/b9-7+/t16-,17-/m0/s1. The van der Waals surface area contributed by atoms with E-state index in [1.165, 1.54) is 28.5 Å². The van der Waals surface area contributed by atoms with Crippen molar-refractivity contribution in [3.05, 3.63) is 46.6 Å². The van der Waals surface area contributed by atoms with Gasteiger partial charge in [-0.2, -0.15) is 0 Å². The second-order valence-corrected chi connectivity index (χ2v) is 11.5. The van der Waals surface area contributed by atoms with Crippen LogP contribution in [0.2, 0.25) is 5.02 Å². The molecule has 1 amide bonds. The van der Waals surface area contributed by atoms with Gasteiger partial charge in [-0.3, -0.25) is 4.79 Å². The molecular weight excluding hydrogens is 514 g/mol. The number of nitrogens with zero attached hydrogens (tertiary/aromatic N) is 3. The molecule has 7 nitrogen and oxygen atoms in total. The molecule has 0 aliphatic carbocycles. The van der Waals surface area contributed by atoms with E-state index in [9.17, 15) is 14.7 Å². The number of unbranched alkanes of at least 4 members (excludes halogenated alkanes) is 2. The number of hydrogen-bond donors (Lipinski definition) is 2. The van der Waals surface area contributed by atoms with Crippen LogP contribution in [0.3, 0.4) is 0 Å². The Kier molecular flexibility index (Phi) is 11.2. The maximum atomic E-state index is 12.3. The van der Waals surface area contributed by atoms with Crippen molar-refractivity contribution in [2.75, 3.05) is 18.1 Å². The number of carboxylic acid groups (broad SMARTS) is 1. The first-order valence-corrected chi connectivity index (χ1v) is 14.4. The van der Waals surface area contributed by atoms with Crippen LogP contribution in [0.1, 0.15) is 49.0 Å². The number of aromatic nitrogens is 2. The highest BCUT2D eigenvalue weighted by Crippen LogP contribution is 2.26. The number of thiazole rings is 1. The van der Waals surface area contributed by atoms with Gasteiger partial charge >= 0.3 is 5.97 Å². The summed E-state index contributed by atoms with van der Waals surface area (Å²) < 4.78 is 0.688. The Morgan fingerprint density at radius 1 is 1.32 bits per heavy atom. The van der Waals surface area contributed by atoms with Crippen LogP contribution in [0.5, 0.6) is 0 Å². The first kappa shape index (κ1) is 27.0. The predicted octanol–water partition coefficient (Wildman–Crippen LogP) is 5.24. The van der Waals surface area contributed by atoms with Gasteiger partial charge in [0, 0.05) is 30.3 Å². The number of halogens is 1. The second kappa shape index (κ2) is 14.1. The number of pyridine rings is 1. The van der Waals surface area contributed by atoms with Gasteiger partial charge in [0.25, 0.3) is 0 Å². The molecule has 0 saturated carbocycles. The Hall–Kier alpha value is -1.59. The van der Waals surface area contributed by atoms with E-state index in [1.54, 1.807) is 18.0 Å². The number of likely N-dealkylation sites (tertiary alicyclic amines) is 1. The van der Waals surface area contributed by atoms with E-state index in [0.29, 0.717) is 34.5 Å². The molecule has 2 aromatic rings. The Balaban J connectivity index is 1.32. The van der Waals surface area contributed by atoms with E-state index in [4.69, 9.17) is 16.7 Å². The molecule has 1 saturated heterocycles. The average molecular weight is 542 g/mol. The highest BCUT2D eigenvalue weighted by molar-refractivity contribution is 8.01. The van der Waals surface area contributed by atoms with Crippen molar-refractivity contribution in [2.24, 2.45) is 0 Å². The second-order valence-electron chi connectivity index (χ2n) is 7.79. The fourth-order valence-electron chi connectivity index (χ4n) is 3.53. The third-order valence-corrected chi connectivity index (χ3v) is 8.81. The van der Waals surface area contributed by atoms with Crippen LogP contribution in [0.15, 0.2) is 45.2 Å². The van der Waals surface area contributed by atoms with Gasteiger partial charge in [-0.05, 0) is 37.1 Å². The minimum Gasteiger partial charge on any atom is -0.476 e. The molecule has 2 aromatic heterocycles. The third-order valence-electron chi connectivity index (χ3n) is 5.30. The van der Waals surface area contributed by atoms with Crippen molar-refractivity contribution >= 4 is 58.3 Å². The highest BCUT2D eigenvalue weighted by Gasteiger charge is 2.28. The molecule has 3 heterocycles. The molecule has 0 spiro atoms. The Morgan fingerprint density at radius 3 is 2.94 bits per heavy atom. The van der Waals surface area contributed by atoms with Gasteiger partial charge in [-0.1, -0.05) is 48.4 Å². The molecular formula is C23H28ClN3O4S3. The van der Waals surface area contributed by atoms with E-state index >= 15 is 0 Å². The minimum absolute atomic E-state index is 0.00635. The molecule has 34 heavy (non-hydrogen) atoms. The van der Waals surface area contributed by atoms with Gasteiger partial charge < -0.3 is 15.1 Å². The largest absolute Gasteiger partial charge is 0.476 e. The number of rotatable bonds is 14. The summed E-state index contributed by atoms with van der Waals surface area (Å²) in [5, 5.41) is 22.3. The number of carbonyl (C=O) groups is 2. The Bertz CT molecular complexity index is 988. The fraction of sp³-hybridized carbons (Fsp3) is 0.478. The third kappa shape index (κ3) is 8.57. The molecule has 1 aliphatic rings. The van der Waals surface area contributed by atoms with Crippen LogP contribution in [0.4, 0.5) is 0 Å². The monoisotopic (exact) mass is 541 g/mol. The summed E-state index contributed by atoms with van der Waals surface area (Å²) in [4.78, 5) is 33.4. The first-order valence-electron chi connectivity index (χ1n) is 11.1. The maximum Gasteiger partial charge on any atom is 0.355 e. The topological polar surface area (TPSA) is 104 Å². The summed E-state index contributed by atoms with van der Waals surface area (Å²) in [7, 11) is 0. The first-order chi connectivity index (χ1) is 16.4. The van der Waals surface area contributed by atoms with E-state index < -0.39 is 12.1 Å². The number of aliphatic hydroxyl groups excluding tert-OH is 1. The van der Waals surface area contributed by atoms with Gasteiger partial charge in [0.2, 0.25) is 5.91 Å². The molecule has 0 unspecified atom stereocenters. The molecule has 1 fully saturated rings. The quantitative estimate of drug-likeness (QED) is 0.190. The zero-order valence-corrected chi connectivity index (χ0v) is 21.8. The number of aromatic carboxylic acids is 1. The maximum absolute atomic E-state index is 12.3. The van der Waals surface area contributed by atoms with Gasteiger partial charge in [0.05, 0.1) is 17.2 Å². The van der Waals surface area contributed by atoms with Crippen LogP contribution >= 0.6 is 46.5 Å². The molecule has 11 heteroatoms. The van der Waals surface area contributed by atoms with Gasteiger partial charge in [0.1, 0.15) is 5.03 Å². The molecule has 2 atom stereocenters. The normalized spacial score (nSPS) is 17.1. The van der Waals surface area contributed by atoms with Crippen molar-refractivity contribution in [2.45, 2.75) is 60.0 Å². The lowest BCUT2D eigenvalue weighted by Crippen LogP contribution is -2.33. The van der Waals surface area contributed by atoms with Crippen LogP contribution in [-0.4, -0.2) is 67.2 Å². The molecule has 0 aromatic carbocycles. The van der Waals surface area contributed by atoms with Crippen molar-refractivity contribution < 1.29 is 19.8 Å². The van der Waals surface area contributed by atoms with Crippen LogP contribution in [-0.2, 0) is 4.79 Å². The van der Waals surface area contributed by atoms with Gasteiger partial charge in [0.15, 0.2) is 10.0 Å². The highest BCUT2D eigenvalue weighted by atomic mass is 35.5. The lowest BCUT2D eigenvalue weighted by atomic mass is 10.1. The predicted molar refractivity (Wildman–Crippen MR) is 138 cm³/mol. The van der Waals surface area contributed by atoms with Crippen molar-refractivity contribution in [1.29, 1.82) is 0 Å². The fourth-order valence-corrected chi connectivity index (χ4v) is 6.51. The molecule has 2 N–H and O–H groups in total. The molecule has 3 rings (SSSR count). The number of carbonyl (C=O) groups excluding carboxylic acids is 1. The summed E-state index contributed by atoms with van der Waals surface area (Å²) >= 11 is 10.5. The molecule has 0 bridgehead atoms. The lowest BCUT2D eigenvalue weighted by molar-refractivity contribution is -0.128. The average Bonchev–Trinajstić information content (AvgIpc) is 3.43. The molecule has 0 radical (unpaired) electrons. The van der Waals surface area contributed by atoms with Crippen molar-refractivity contribution in [3.63, 3.8) is 0 Å². The van der Waals surface area contributed by atoms with Gasteiger partial charge in [-0.15, -0.1) is 23.1 Å². The minimum atomic E-state index is -1.03. The number of aliphatic hydroxyl groups is 1. The van der Waals surface area contributed by atoms with E-state index in [1.807, 2.05) is 29.2 Å². The summed E-state index contributed by atoms with van der Waals surface area (Å²) in [6.45, 7) is 0.564. The Morgan fingerprint density at radius 2 is 2.18 bits per heavy atom. The van der Waals surface area contributed by atoms with Crippen LogP contribution in [0.25, 0.3) is 0 Å². The lowest BCUT2D eigenvalue weighted by Gasteiger charge is -2.22. The smallest absolute Gasteiger partial charge is 0.355 e. The SMILES string of the molecule is O=C(O)c1csc(SCCN2C(=O)CC[C@@H]2/C=C/[C@@H](O)CCCCCSc2ncccc2Cl)n1. The summed E-state index contributed by atoms with van der Waals surface area (Å²) in [6.07, 6.45) is 9.92. The van der Waals surface area contributed by atoms with E-state index in [-0.39, 0.29) is 17.6 Å². The summed E-state index contributed by atoms with van der Waals surface area (Å²) in [6, 6.07) is 3.66.